The Morgan fingerprint density at radius 2 is 2.00 bits per heavy atom. The molecule has 1 aromatic rings. The molecule has 1 aliphatic carbocycles. The van der Waals surface area contributed by atoms with E-state index >= 15 is 0 Å². The fourth-order valence-corrected chi connectivity index (χ4v) is 4.88. The predicted octanol–water partition coefficient (Wildman–Crippen LogP) is 1.52. The molecule has 0 aromatic carbocycles. The molecule has 2 rings (SSSR count). The maximum atomic E-state index is 12.3. The number of esters is 1. The summed E-state index contributed by atoms with van der Waals surface area (Å²) >= 11 is 0.906. The third-order valence-corrected chi connectivity index (χ3v) is 6.69. The smallest absolute Gasteiger partial charge is 0.358 e. The second-order valence-electron chi connectivity index (χ2n) is 5.52. The Morgan fingerprint density at radius 3 is 2.65 bits per heavy atom. The lowest BCUT2D eigenvalue weighted by Crippen LogP contribution is -2.37. The third-order valence-electron chi connectivity index (χ3n) is 3.86. The van der Waals surface area contributed by atoms with Crippen molar-refractivity contribution >= 4 is 27.3 Å². The molecule has 1 aliphatic rings. The molecule has 0 aliphatic heterocycles. The molecule has 2 N–H and O–H groups in total. The number of nitrogens with one attached hydrogen (secondary N) is 2. The van der Waals surface area contributed by atoms with Crippen LogP contribution in [0.3, 0.4) is 0 Å². The molecule has 130 valence electrons. The summed E-state index contributed by atoms with van der Waals surface area (Å²) in [6, 6.07) is 0.469. The molecule has 0 unspecified atom stereocenters. The Kier molecular flexibility index (Phi) is 6.94. The number of nitrogens with zero attached hydrogens (tertiary/aromatic N) is 1. The van der Waals surface area contributed by atoms with Crippen molar-refractivity contribution in [1.29, 1.82) is 0 Å². The topological polar surface area (TPSA) is 97.4 Å². The fourth-order valence-electron chi connectivity index (χ4n) is 2.67. The van der Waals surface area contributed by atoms with E-state index in [0.29, 0.717) is 12.6 Å². The van der Waals surface area contributed by atoms with Gasteiger partial charge in [0, 0.05) is 19.1 Å². The van der Waals surface area contributed by atoms with Crippen LogP contribution in [0.4, 0.5) is 0 Å². The van der Waals surface area contributed by atoms with E-state index in [1.165, 1.54) is 38.3 Å². The quantitative estimate of drug-likeness (QED) is 0.434. The zero-order valence-corrected chi connectivity index (χ0v) is 14.8. The molecular weight excluding hydrogens is 338 g/mol. The molecule has 0 saturated heterocycles. The van der Waals surface area contributed by atoms with Crippen molar-refractivity contribution in [3.8, 4) is 0 Å². The SMILES string of the molecule is COC(=O)c1ncsc1S(=O)(=O)NCCNC1CCCCCC1. The maximum Gasteiger partial charge on any atom is 0.358 e. The summed E-state index contributed by atoms with van der Waals surface area (Å²) in [5.41, 5.74) is 1.16. The summed E-state index contributed by atoms with van der Waals surface area (Å²) in [5.74, 6) is -0.747. The van der Waals surface area contributed by atoms with Crippen molar-refractivity contribution in [2.24, 2.45) is 0 Å². The number of sulfonamides is 1. The van der Waals surface area contributed by atoms with Crippen molar-refractivity contribution in [3.63, 3.8) is 0 Å². The molecule has 0 atom stereocenters. The van der Waals surface area contributed by atoms with Crippen LogP contribution in [0.1, 0.15) is 49.0 Å². The Morgan fingerprint density at radius 1 is 1.30 bits per heavy atom. The highest BCUT2D eigenvalue weighted by molar-refractivity contribution is 7.91. The molecule has 0 radical (unpaired) electrons. The average Bonchev–Trinajstić information content (AvgIpc) is 2.90. The normalized spacial score (nSPS) is 16.9. The van der Waals surface area contributed by atoms with Gasteiger partial charge in [-0.25, -0.2) is 22.9 Å². The summed E-state index contributed by atoms with van der Waals surface area (Å²) in [7, 11) is -2.55. The first-order valence-corrected chi connectivity index (χ1v) is 10.2. The standard InChI is InChI=1S/C14H23N3O4S2/c1-21-13(18)12-14(22-10-16-12)23(19,20)17-9-8-15-11-6-4-2-3-5-7-11/h10-11,15,17H,2-9H2,1H3. The fraction of sp³-hybridized carbons (Fsp3) is 0.714. The highest BCUT2D eigenvalue weighted by Crippen LogP contribution is 2.20. The number of carbonyl (C=O) groups is 1. The summed E-state index contributed by atoms with van der Waals surface area (Å²) in [6.45, 7) is 0.841. The van der Waals surface area contributed by atoms with Crippen molar-refractivity contribution < 1.29 is 17.9 Å². The largest absolute Gasteiger partial charge is 0.464 e. The molecule has 9 heteroatoms. The molecule has 1 saturated carbocycles. The summed E-state index contributed by atoms with van der Waals surface area (Å²) < 4.78 is 31.5. The zero-order valence-electron chi connectivity index (χ0n) is 13.2. The summed E-state index contributed by atoms with van der Waals surface area (Å²) in [5, 5.41) is 3.40. The van der Waals surface area contributed by atoms with Gasteiger partial charge in [0.15, 0.2) is 9.90 Å². The van der Waals surface area contributed by atoms with E-state index in [1.807, 2.05) is 0 Å². The minimum Gasteiger partial charge on any atom is -0.464 e. The van der Waals surface area contributed by atoms with Gasteiger partial charge in [0.2, 0.25) is 0 Å². The summed E-state index contributed by atoms with van der Waals surface area (Å²) in [6.07, 6.45) is 7.32. The first-order valence-electron chi connectivity index (χ1n) is 7.79. The second kappa shape index (κ2) is 8.72. The monoisotopic (exact) mass is 361 g/mol. The molecule has 1 heterocycles. The third kappa shape index (κ3) is 5.23. The first kappa shape index (κ1) is 18.3. The van der Waals surface area contributed by atoms with Crippen LogP contribution in [-0.2, 0) is 14.8 Å². The number of carbonyl (C=O) groups excluding carboxylic acids is 1. The van der Waals surface area contributed by atoms with Crippen LogP contribution in [0.25, 0.3) is 0 Å². The predicted molar refractivity (Wildman–Crippen MR) is 88.1 cm³/mol. The number of methoxy groups -OCH3 is 1. The number of hydrogen-bond donors (Lipinski definition) is 2. The lowest BCUT2D eigenvalue weighted by atomic mass is 10.1. The van der Waals surface area contributed by atoms with E-state index in [2.05, 4.69) is 19.8 Å². The van der Waals surface area contributed by atoms with Crippen LogP contribution in [0.5, 0.6) is 0 Å². The first-order chi connectivity index (χ1) is 11.0. The zero-order chi connectivity index (χ0) is 16.7. The number of ether oxygens (including phenoxy) is 1. The molecule has 23 heavy (non-hydrogen) atoms. The van der Waals surface area contributed by atoms with Gasteiger partial charge in [-0.05, 0) is 12.8 Å². The Balaban J connectivity index is 1.84. The van der Waals surface area contributed by atoms with E-state index in [4.69, 9.17) is 0 Å². The van der Waals surface area contributed by atoms with Crippen LogP contribution in [0.15, 0.2) is 9.72 Å². The van der Waals surface area contributed by atoms with Gasteiger partial charge < -0.3 is 10.1 Å². The van der Waals surface area contributed by atoms with Crippen LogP contribution in [0.2, 0.25) is 0 Å². The van der Waals surface area contributed by atoms with E-state index < -0.39 is 16.0 Å². The van der Waals surface area contributed by atoms with Crippen molar-refractivity contribution in [3.05, 3.63) is 11.2 Å². The lowest BCUT2D eigenvalue weighted by Gasteiger charge is -2.16. The van der Waals surface area contributed by atoms with Gasteiger partial charge in [0.1, 0.15) is 0 Å². The van der Waals surface area contributed by atoms with Gasteiger partial charge >= 0.3 is 5.97 Å². The van der Waals surface area contributed by atoms with Crippen molar-refractivity contribution in [2.75, 3.05) is 20.2 Å². The minimum atomic E-state index is -3.75. The summed E-state index contributed by atoms with van der Waals surface area (Å²) in [4.78, 5) is 15.3. The van der Waals surface area contributed by atoms with E-state index in [1.54, 1.807) is 0 Å². The van der Waals surface area contributed by atoms with Crippen LogP contribution in [-0.4, -0.2) is 45.6 Å². The van der Waals surface area contributed by atoms with Gasteiger partial charge in [-0.3, -0.25) is 0 Å². The van der Waals surface area contributed by atoms with E-state index in [9.17, 15) is 13.2 Å². The number of hydrogen-bond acceptors (Lipinski definition) is 7. The molecule has 0 spiro atoms. The van der Waals surface area contributed by atoms with Gasteiger partial charge in [0.25, 0.3) is 10.0 Å². The van der Waals surface area contributed by atoms with Crippen LogP contribution < -0.4 is 10.0 Å². The van der Waals surface area contributed by atoms with Gasteiger partial charge in [-0.15, -0.1) is 11.3 Å². The minimum absolute atomic E-state index is 0.0983. The van der Waals surface area contributed by atoms with Gasteiger partial charge in [-0.2, -0.15) is 0 Å². The Bertz CT molecular complexity index is 607. The van der Waals surface area contributed by atoms with E-state index in [0.717, 1.165) is 24.2 Å². The molecule has 1 fully saturated rings. The Labute approximate surface area is 140 Å². The maximum absolute atomic E-state index is 12.3. The highest BCUT2D eigenvalue weighted by Gasteiger charge is 2.26. The number of thiazole rings is 1. The van der Waals surface area contributed by atoms with Crippen LogP contribution >= 0.6 is 11.3 Å². The molecule has 1 aromatic heterocycles. The Hall–Kier alpha value is -1.03. The van der Waals surface area contributed by atoms with E-state index in [-0.39, 0.29) is 16.4 Å². The van der Waals surface area contributed by atoms with Gasteiger partial charge in [-0.1, -0.05) is 25.7 Å². The molecule has 0 bridgehead atoms. The van der Waals surface area contributed by atoms with Crippen molar-refractivity contribution in [2.45, 2.75) is 48.8 Å². The highest BCUT2D eigenvalue weighted by atomic mass is 32.2. The molecule has 7 nitrogen and oxygen atoms in total. The average molecular weight is 361 g/mol. The second-order valence-corrected chi connectivity index (χ2v) is 8.34. The number of aromatic nitrogens is 1. The number of rotatable bonds is 7. The molecule has 0 amide bonds. The molecular formula is C14H23N3O4S2. The van der Waals surface area contributed by atoms with Crippen molar-refractivity contribution in [1.82, 2.24) is 15.0 Å². The lowest BCUT2D eigenvalue weighted by molar-refractivity contribution is 0.0590. The van der Waals surface area contributed by atoms with Gasteiger partial charge in [0.05, 0.1) is 12.6 Å². The van der Waals surface area contributed by atoms with Crippen LogP contribution in [0, 0.1) is 0 Å².